The Bertz CT molecular complexity index is 1080. The van der Waals surface area contributed by atoms with Crippen molar-refractivity contribution in [2.75, 3.05) is 18.0 Å². The molecule has 0 atom stereocenters. The van der Waals surface area contributed by atoms with Crippen LogP contribution < -0.4 is 9.64 Å². The molecule has 0 radical (unpaired) electrons. The zero-order chi connectivity index (χ0) is 18.9. The van der Waals surface area contributed by atoms with E-state index in [1.807, 2.05) is 13.2 Å². The highest BCUT2D eigenvalue weighted by Gasteiger charge is 2.24. The Labute approximate surface area is 160 Å². The van der Waals surface area contributed by atoms with Crippen LogP contribution in [0, 0.1) is 0 Å². The van der Waals surface area contributed by atoms with Gasteiger partial charge in [-0.3, -0.25) is 9.78 Å². The summed E-state index contributed by atoms with van der Waals surface area (Å²) in [5.41, 5.74) is 2.66. The molecule has 0 amide bonds. The maximum atomic E-state index is 5.99. The Morgan fingerprint density at radius 1 is 1.00 bits per heavy atom. The van der Waals surface area contributed by atoms with Gasteiger partial charge in [0.1, 0.15) is 18.2 Å². The molecule has 5 rings (SSSR count). The van der Waals surface area contributed by atoms with Crippen molar-refractivity contribution in [1.82, 2.24) is 39.9 Å². The highest BCUT2D eigenvalue weighted by atomic mass is 16.5. The SMILES string of the molecule is Cn1cc(-c2cnc(OC3CCN(c4ncnc5[nH]ncc45)CC3)nc2)cn1. The molecule has 4 aromatic rings. The highest BCUT2D eigenvalue weighted by Crippen LogP contribution is 2.25. The van der Waals surface area contributed by atoms with Crippen LogP contribution >= 0.6 is 0 Å². The van der Waals surface area contributed by atoms with Gasteiger partial charge in [0.15, 0.2) is 5.65 Å². The van der Waals surface area contributed by atoms with E-state index in [0.717, 1.165) is 53.9 Å². The van der Waals surface area contributed by atoms with E-state index in [2.05, 4.69) is 40.1 Å². The number of piperidine rings is 1. The largest absolute Gasteiger partial charge is 0.460 e. The van der Waals surface area contributed by atoms with Crippen LogP contribution in [-0.4, -0.2) is 59.1 Å². The van der Waals surface area contributed by atoms with Gasteiger partial charge in [0, 0.05) is 62.7 Å². The topological polar surface area (TPSA) is 111 Å². The fraction of sp³-hybridized carbons (Fsp3) is 0.333. The number of H-pyrrole nitrogens is 1. The zero-order valence-corrected chi connectivity index (χ0v) is 15.4. The minimum Gasteiger partial charge on any atom is -0.460 e. The summed E-state index contributed by atoms with van der Waals surface area (Å²) in [7, 11) is 1.88. The fourth-order valence-corrected chi connectivity index (χ4v) is 3.44. The van der Waals surface area contributed by atoms with Gasteiger partial charge in [-0.15, -0.1) is 0 Å². The van der Waals surface area contributed by atoms with Gasteiger partial charge >= 0.3 is 6.01 Å². The molecular formula is C18H19N9O. The van der Waals surface area contributed by atoms with E-state index in [4.69, 9.17) is 4.74 Å². The molecule has 10 heteroatoms. The Balaban J connectivity index is 1.22. The number of hydrogen-bond donors (Lipinski definition) is 1. The number of hydrogen-bond acceptors (Lipinski definition) is 8. The predicted molar refractivity (Wildman–Crippen MR) is 102 cm³/mol. The first-order valence-corrected chi connectivity index (χ1v) is 9.13. The molecule has 0 saturated carbocycles. The van der Waals surface area contributed by atoms with Crippen molar-refractivity contribution < 1.29 is 4.74 Å². The van der Waals surface area contributed by atoms with E-state index in [1.165, 1.54) is 0 Å². The van der Waals surface area contributed by atoms with Crippen LogP contribution in [0.15, 0.2) is 37.3 Å². The number of fused-ring (bicyclic) bond motifs is 1. The van der Waals surface area contributed by atoms with Crippen LogP contribution in [0.5, 0.6) is 6.01 Å². The maximum Gasteiger partial charge on any atom is 0.316 e. The van der Waals surface area contributed by atoms with Crippen molar-refractivity contribution in [1.29, 1.82) is 0 Å². The summed E-state index contributed by atoms with van der Waals surface area (Å²) in [6.45, 7) is 1.69. The molecule has 0 bridgehead atoms. The van der Waals surface area contributed by atoms with Gasteiger partial charge < -0.3 is 9.64 Å². The molecule has 1 aliphatic heterocycles. The Hall–Kier alpha value is -3.56. The number of rotatable bonds is 4. The number of nitrogens with one attached hydrogen (secondary N) is 1. The number of anilines is 1. The average molecular weight is 377 g/mol. The molecule has 1 N–H and O–H groups in total. The summed E-state index contributed by atoms with van der Waals surface area (Å²) < 4.78 is 7.74. The van der Waals surface area contributed by atoms with E-state index in [0.29, 0.717) is 6.01 Å². The van der Waals surface area contributed by atoms with Crippen molar-refractivity contribution >= 4 is 16.9 Å². The second kappa shape index (κ2) is 6.87. The fourth-order valence-electron chi connectivity index (χ4n) is 3.44. The predicted octanol–water partition coefficient (Wildman–Crippen LogP) is 1.59. The van der Waals surface area contributed by atoms with Crippen molar-refractivity contribution in [2.45, 2.75) is 18.9 Å². The number of ether oxygens (including phenoxy) is 1. The van der Waals surface area contributed by atoms with E-state index in [9.17, 15) is 0 Å². The lowest BCUT2D eigenvalue weighted by Crippen LogP contribution is -2.39. The smallest absolute Gasteiger partial charge is 0.316 e. The molecular weight excluding hydrogens is 358 g/mol. The molecule has 0 aliphatic carbocycles. The van der Waals surface area contributed by atoms with E-state index in [-0.39, 0.29) is 6.10 Å². The minimum atomic E-state index is 0.0853. The van der Waals surface area contributed by atoms with Gasteiger partial charge in [-0.25, -0.2) is 19.9 Å². The summed E-state index contributed by atoms with van der Waals surface area (Å²) in [5.74, 6) is 0.911. The third kappa shape index (κ3) is 3.13. The third-order valence-electron chi connectivity index (χ3n) is 4.91. The lowest BCUT2D eigenvalue weighted by atomic mass is 10.1. The molecule has 142 valence electrons. The van der Waals surface area contributed by atoms with Gasteiger partial charge in [0.05, 0.1) is 17.8 Å². The van der Waals surface area contributed by atoms with Gasteiger partial charge in [0.2, 0.25) is 0 Å². The lowest BCUT2D eigenvalue weighted by molar-refractivity contribution is 0.156. The molecule has 1 aliphatic rings. The number of aryl methyl sites for hydroxylation is 1. The Morgan fingerprint density at radius 3 is 2.57 bits per heavy atom. The number of aromatic amines is 1. The first kappa shape index (κ1) is 16.6. The first-order chi connectivity index (χ1) is 13.8. The zero-order valence-electron chi connectivity index (χ0n) is 15.4. The van der Waals surface area contributed by atoms with Gasteiger partial charge in [0.25, 0.3) is 0 Å². The lowest BCUT2D eigenvalue weighted by Gasteiger charge is -2.32. The first-order valence-electron chi connectivity index (χ1n) is 9.13. The molecule has 0 unspecified atom stereocenters. The maximum absolute atomic E-state index is 5.99. The quantitative estimate of drug-likeness (QED) is 0.571. The molecule has 10 nitrogen and oxygen atoms in total. The summed E-state index contributed by atoms with van der Waals surface area (Å²) >= 11 is 0. The summed E-state index contributed by atoms with van der Waals surface area (Å²) in [5, 5.41) is 12.0. The van der Waals surface area contributed by atoms with Crippen LogP contribution in [-0.2, 0) is 7.05 Å². The van der Waals surface area contributed by atoms with Crippen LogP contribution in [0.1, 0.15) is 12.8 Å². The molecule has 5 heterocycles. The van der Waals surface area contributed by atoms with Crippen LogP contribution in [0.2, 0.25) is 0 Å². The standard InChI is InChI=1S/C18H19N9O/c1-26-10-13(8-24-26)12-6-19-18(20-7-12)28-14-2-4-27(5-3-14)17-15-9-23-25-16(15)21-11-22-17/h6-11,14H,2-5H2,1H3,(H,21,22,23,25). The summed E-state index contributed by atoms with van der Waals surface area (Å²) in [4.78, 5) is 19.6. The highest BCUT2D eigenvalue weighted by molar-refractivity contribution is 5.86. The van der Waals surface area contributed by atoms with Crippen molar-refractivity contribution in [3.63, 3.8) is 0 Å². The third-order valence-corrected chi connectivity index (χ3v) is 4.91. The Kier molecular flexibility index (Phi) is 4.08. The van der Waals surface area contributed by atoms with Gasteiger partial charge in [-0.1, -0.05) is 0 Å². The van der Waals surface area contributed by atoms with E-state index >= 15 is 0 Å². The number of aromatic nitrogens is 8. The summed E-state index contributed by atoms with van der Waals surface area (Å²) in [6.07, 6.45) is 12.4. The summed E-state index contributed by atoms with van der Waals surface area (Å²) in [6, 6.07) is 0.408. The second-order valence-corrected chi connectivity index (χ2v) is 6.79. The number of nitrogens with zero attached hydrogens (tertiary/aromatic N) is 8. The monoisotopic (exact) mass is 377 g/mol. The molecule has 4 aromatic heterocycles. The van der Waals surface area contributed by atoms with Crippen LogP contribution in [0.4, 0.5) is 5.82 Å². The van der Waals surface area contributed by atoms with Crippen molar-refractivity contribution in [2.24, 2.45) is 7.05 Å². The van der Waals surface area contributed by atoms with Crippen molar-refractivity contribution in [3.8, 4) is 17.1 Å². The van der Waals surface area contributed by atoms with Crippen LogP contribution in [0.3, 0.4) is 0 Å². The van der Waals surface area contributed by atoms with Gasteiger partial charge in [-0.2, -0.15) is 10.2 Å². The molecule has 0 aromatic carbocycles. The molecule has 0 spiro atoms. The molecule has 1 saturated heterocycles. The molecule has 28 heavy (non-hydrogen) atoms. The normalized spacial score (nSPS) is 15.2. The van der Waals surface area contributed by atoms with Gasteiger partial charge in [-0.05, 0) is 0 Å². The Morgan fingerprint density at radius 2 is 1.82 bits per heavy atom. The average Bonchev–Trinajstić information content (AvgIpc) is 3.38. The molecule has 1 fully saturated rings. The van der Waals surface area contributed by atoms with E-state index in [1.54, 1.807) is 35.8 Å². The second-order valence-electron chi connectivity index (χ2n) is 6.79. The van der Waals surface area contributed by atoms with Crippen LogP contribution in [0.25, 0.3) is 22.2 Å². The minimum absolute atomic E-state index is 0.0853. The van der Waals surface area contributed by atoms with E-state index < -0.39 is 0 Å². The van der Waals surface area contributed by atoms with Crippen molar-refractivity contribution in [3.05, 3.63) is 37.3 Å².